The molecule has 1 aromatic heterocycles. The van der Waals surface area contributed by atoms with Gasteiger partial charge in [0.15, 0.2) is 0 Å². The molecule has 0 bridgehead atoms. The van der Waals surface area contributed by atoms with Crippen LogP contribution in [0.3, 0.4) is 0 Å². The SMILES string of the molecule is C[S@](=O)C[C@H](NC(=O)[C@@H]1C[C@H]1c1ccco1)c1ccccc1. The molecule has 4 atom stereocenters. The van der Waals surface area contributed by atoms with E-state index in [0.717, 1.165) is 17.7 Å². The molecule has 1 aliphatic carbocycles. The highest BCUT2D eigenvalue weighted by atomic mass is 32.2. The molecule has 1 aliphatic rings. The van der Waals surface area contributed by atoms with Crippen molar-refractivity contribution >= 4 is 16.7 Å². The molecule has 1 N–H and O–H groups in total. The zero-order valence-electron chi connectivity index (χ0n) is 12.4. The fraction of sp³-hybridized carbons (Fsp3) is 0.353. The summed E-state index contributed by atoms with van der Waals surface area (Å²) in [5.41, 5.74) is 0.987. The fourth-order valence-corrected chi connectivity index (χ4v) is 3.47. The molecule has 0 spiro atoms. The first-order valence-electron chi connectivity index (χ1n) is 7.34. The van der Waals surface area contributed by atoms with Crippen LogP contribution in [0.25, 0.3) is 0 Å². The standard InChI is InChI=1S/C17H19NO3S/c1-22(20)11-15(12-6-3-2-4-7-12)18-17(19)14-10-13(14)16-8-5-9-21-16/h2-9,13-15H,10-11H2,1H3,(H,18,19)/t13-,14-,15+,22+/m1/s1. The molecule has 5 heteroatoms. The average molecular weight is 317 g/mol. The molecule has 1 amide bonds. The molecule has 0 saturated heterocycles. The number of nitrogens with one attached hydrogen (secondary N) is 1. The molecule has 116 valence electrons. The Morgan fingerprint density at radius 1 is 1.32 bits per heavy atom. The Hall–Kier alpha value is -1.88. The summed E-state index contributed by atoms with van der Waals surface area (Å²) in [6.45, 7) is 0. The van der Waals surface area contributed by atoms with E-state index < -0.39 is 10.8 Å². The largest absolute Gasteiger partial charge is 0.469 e. The molecule has 2 aromatic rings. The number of carbonyl (C=O) groups is 1. The molecule has 1 aromatic carbocycles. The molecule has 1 heterocycles. The Balaban J connectivity index is 1.66. The Labute approximate surface area is 132 Å². The number of hydrogen-bond acceptors (Lipinski definition) is 3. The Morgan fingerprint density at radius 2 is 2.09 bits per heavy atom. The Kier molecular flexibility index (Phi) is 4.43. The van der Waals surface area contributed by atoms with Gasteiger partial charge in [-0.05, 0) is 24.1 Å². The highest BCUT2D eigenvalue weighted by molar-refractivity contribution is 7.84. The molecular weight excluding hydrogens is 298 g/mol. The van der Waals surface area contributed by atoms with Gasteiger partial charge in [-0.3, -0.25) is 9.00 Å². The van der Waals surface area contributed by atoms with Gasteiger partial charge in [0.2, 0.25) is 5.91 Å². The number of furan rings is 1. The molecule has 1 saturated carbocycles. The van der Waals surface area contributed by atoms with Crippen LogP contribution in [0, 0.1) is 5.92 Å². The van der Waals surface area contributed by atoms with Gasteiger partial charge in [0.1, 0.15) is 5.76 Å². The van der Waals surface area contributed by atoms with Gasteiger partial charge >= 0.3 is 0 Å². The highest BCUT2D eigenvalue weighted by Crippen LogP contribution is 2.47. The van der Waals surface area contributed by atoms with E-state index >= 15 is 0 Å². The lowest BCUT2D eigenvalue weighted by Gasteiger charge is -2.18. The van der Waals surface area contributed by atoms with E-state index in [2.05, 4.69) is 5.32 Å². The smallest absolute Gasteiger partial charge is 0.224 e. The maximum absolute atomic E-state index is 12.4. The Morgan fingerprint density at radius 3 is 2.73 bits per heavy atom. The summed E-state index contributed by atoms with van der Waals surface area (Å²) in [6.07, 6.45) is 4.11. The second-order valence-corrected chi connectivity index (χ2v) is 7.16. The van der Waals surface area contributed by atoms with Crippen molar-refractivity contribution in [2.24, 2.45) is 5.92 Å². The zero-order chi connectivity index (χ0) is 15.5. The lowest BCUT2D eigenvalue weighted by molar-refractivity contribution is -0.123. The number of carbonyl (C=O) groups excluding carboxylic acids is 1. The minimum atomic E-state index is -0.977. The van der Waals surface area contributed by atoms with Crippen molar-refractivity contribution in [3.05, 3.63) is 60.1 Å². The molecule has 1 fully saturated rings. The topological polar surface area (TPSA) is 59.3 Å². The number of benzene rings is 1. The summed E-state index contributed by atoms with van der Waals surface area (Å²) in [5, 5.41) is 3.04. The van der Waals surface area contributed by atoms with Crippen molar-refractivity contribution < 1.29 is 13.4 Å². The third-order valence-corrected chi connectivity index (χ3v) is 4.76. The zero-order valence-corrected chi connectivity index (χ0v) is 13.2. The van der Waals surface area contributed by atoms with Gasteiger partial charge in [0.25, 0.3) is 0 Å². The second kappa shape index (κ2) is 6.48. The number of hydrogen-bond donors (Lipinski definition) is 1. The van der Waals surface area contributed by atoms with Crippen LogP contribution in [-0.2, 0) is 15.6 Å². The first-order chi connectivity index (χ1) is 10.6. The van der Waals surface area contributed by atoms with Crippen LogP contribution in [0.4, 0.5) is 0 Å². The summed E-state index contributed by atoms with van der Waals surface area (Å²) < 4.78 is 17.0. The summed E-state index contributed by atoms with van der Waals surface area (Å²) >= 11 is 0. The molecule has 0 radical (unpaired) electrons. The average Bonchev–Trinajstić information content (AvgIpc) is 3.13. The van der Waals surface area contributed by atoms with Crippen molar-refractivity contribution in [3.63, 3.8) is 0 Å². The Bertz CT molecular complexity index is 654. The van der Waals surface area contributed by atoms with Crippen molar-refractivity contribution in [1.29, 1.82) is 0 Å². The van der Waals surface area contributed by atoms with Gasteiger partial charge < -0.3 is 9.73 Å². The van der Waals surface area contributed by atoms with E-state index in [1.807, 2.05) is 42.5 Å². The third-order valence-electron chi connectivity index (χ3n) is 3.96. The van der Waals surface area contributed by atoms with E-state index in [9.17, 15) is 9.00 Å². The van der Waals surface area contributed by atoms with E-state index in [1.54, 1.807) is 12.5 Å². The maximum atomic E-state index is 12.4. The molecule has 3 rings (SSSR count). The summed E-state index contributed by atoms with van der Waals surface area (Å²) in [5.74, 6) is 1.45. The highest BCUT2D eigenvalue weighted by Gasteiger charge is 2.46. The van der Waals surface area contributed by atoms with Crippen LogP contribution >= 0.6 is 0 Å². The summed E-state index contributed by atoms with van der Waals surface area (Å²) in [7, 11) is -0.977. The monoisotopic (exact) mass is 317 g/mol. The van der Waals surface area contributed by atoms with Crippen LogP contribution in [0.1, 0.15) is 29.7 Å². The third kappa shape index (κ3) is 3.47. The lowest BCUT2D eigenvalue weighted by Crippen LogP contribution is -2.33. The van der Waals surface area contributed by atoms with Crippen molar-refractivity contribution in [3.8, 4) is 0 Å². The van der Waals surface area contributed by atoms with E-state index in [1.165, 1.54) is 0 Å². The maximum Gasteiger partial charge on any atom is 0.224 e. The van der Waals surface area contributed by atoms with Gasteiger partial charge in [-0.25, -0.2) is 0 Å². The normalized spacial score (nSPS) is 22.8. The van der Waals surface area contributed by atoms with Crippen LogP contribution in [0.2, 0.25) is 0 Å². The summed E-state index contributed by atoms with van der Waals surface area (Å²) in [6, 6.07) is 13.2. The molecular formula is C17H19NO3S. The van der Waals surface area contributed by atoms with Gasteiger partial charge in [-0.2, -0.15) is 0 Å². The van der Waals surface area contributed by atoms with E-state index in [4.69, 9.17) is 4.42 Å². The minimum Gasteiger partial charge on any atom is -0.469 e. The molecule has 0 unspecified atom stereocenters. The number of amides is 1. The first-order valence-corrected chi connectivity index (χ1v) is 9.06. The lowest BCUT2D eigenvalue weighted by atomic mass is 10.1. The number of rotatable bonds is 6. The van der Waals surface area contributed by atoms with Gasteiger partial charge in [0, 0.05) is 34.6 Å². The van der Waals surface area contributed by atoms with Crippen LogP contribution in [0.15, 0.2) is 53.1 Å². The van der Waals surface area contributed by atoms with Crippen LogP contribution in [-0.4, -0.2) is 22.1 Å². The van der Waals surface area contributed by atoms with E-state index in [0.29, 0.717) is 5.75 Å². The van der Waals surface area contributed by atoms with Crippen molar-refractivity contribution in [2.75, 3.05) is 12.0 Å². The van der Waals surface area contributed by atoms with Gasteiger partial charge in [-0.15, -0.1) is 0 Å². The van der Waals surface area contributed by atoms with Gasteiger partial charge in [-0.1, -0.05) is 30.3 Å². The predicted octanol–water partition coefficient (Wildman–Crippen LogP) is 2.62. The predicted molar refractivity (Wildman–Crippen MR) is 85.8 cm³/mol. The fourth-order valence-electron chi connectivity index (χ4n) is 2.72. The van der Waals surface area contributed by atoms with Crippen LogP contribution < -0.4 is 5.32 Å². The molecule has 4 nitrogen and oxygen atoms in total. The second-order valence-electron chi connectivity index (χ2n) is 5.68. The van der Waals surface area contributed by atoms with Gasteiger partial charge in [0.05, 0.1) is 12.3 Å². The van der Waals surface area contributed by atoms with Crippen molar-refractivity contribution in [2.45, 2.75) is 18.4 Å². The van der Waals surface area contributed by atoms with E-state index in [-0.39, 0.29) is 23.8 Å². The summed E-state index contributed by atoms with van der Waals surface area (Å²) in [4.78, 5) is 12.4. The van der Waals surface area contributed by atoms with Crippen molar-refractivity contribution in [1.82, 2.24) is 5.32 Å². The minimum absolute atomic E-state index is 0.0145. The molecule has 0 aliphatic heterocycles. The quantitative estimate of drug-likeness (QED) is 0.891. The first kappa shape index (κ1) is 15.0. The molecule has 22 heavy (non-hydrogen) atoms. The van der Waals surface area contributed by atoms with Crippen LogP contribution in [0.5, 0.6) is 0 Å².